The third-order valence-electron chi connectivity index (χ3n) is 6.40. The second-order valence-electron chi connectivity index (χ2n) is 10.2. The number of amides is 3. The topological polar surface area (TPSA) is 110 Å². The Kier molecular flexibility index (Phi) is 6.17. The number of rotatable bonds is 6. The van der Waals surface area contributed by atoms with E-state index in [9.17, 15) is 19.5 Å². The molecule has 0 atom stereocenters. The molecule has 0 aliphatic carbocycles. The Hall–Kier alpha value is -2.45. The molecule has 1 fully saturated rings. The van der Waals surface area contributed by atoms with Gasteiger partial charge in [0.15, 0.2) is 0 Å². The summed E-state index contributed by atoms with van der Waals surface area (Å²) in [7, 11) is 0. The fourth-order valence-corrected chi connectivity index (χ4v) is 4.60. The number of fused-ring (bicyclic) bond motifs is 1. The van der Waals surface area contributed by atoms with E-state index in [2.05, 4.69) is 10.2 Å². The third-order valence-corrected chi connectivity index (χ3v) is 6.40. The van der Waals surface area contributed by atoms with Crippen molar-refractivity contribution < 1.29 is 24.6 Å². The number of carbonyl (C=O) groups is 3. The quantitative estimate of drug-likeness (QED) is 0.638. The zero-order valence-electron chi connectivity index (χ0n) is 18.8. The van der Waals surface area contributed by atoms with E-state index in [4.69, 9.17) is 5.11 Å². The monoisotopic (exact) mass is 431 g/mol. The molecular weight excluding hydrogens is 398 g/mol. The zero-order valence-corrected chi connectivity index (χ0v) is 18.8. The molecule has 1 aromatic carbocycles. The number of aliphatic carboxylic acids is 1. The number of likely N-dealkylation sites (tertiary alicyclic amines) is 1. The lowest BCUT2D eigenvalue weighted by Gasteiger charge is -2.41. The molecule has 1 saturated heterocycles. The van der Waals surface area contributed by atoms with Crippen LogP contribution in [0.25, 0.3) is 0 Å². The number of nitrogens with one attached hydrogen (secondary N) is 1. The highest BCUT2D eigenvalue weighted by Gasteiger charge is 2.47. The molecule has 170 valence electrons. The molecule has 2 aliphatic heterocycles. The summed E-state index contributed by atoms with van der Waals surface area (Å²) >= 11 is 0. The van der Waals surface area contributed by atoms with Crippen LogP contribution in [0.2, 0.25) is 0 Å². The van der Waals surface area contributed by atoms with Gasteiger partial charge in [0.25, 0.3) is 0 Å². The lowest BCUT2D eigenvalue weighted by molar-refractivity contribution is -0.139. The number of hydrogen-bond acceptors (Lipinski definition) is 5. The van der Waals surface area contributed by atoms with E-state index < -0.39 is 23.0 Å². The van der Waals surface area contributed by atoms with E-state index in [0.29, 0.717) is 38.2 Å². The van der Waals surface area contributed by atoms with Crippen molar-refractivity contribution in [2.75, 3.05) is 31.1 Å². The molecule has 8 nitrogen and oxygen atoms in total. The molecule has 3 amide bonds. The molecule has 0 aromatic heterocycles. The summed E-state index contributed by atoms with van der Waals surface area (Å²) in [5.74, 6) is -1.10. The van der Waals surface area contributed by atoms with Crippen LogP contribution in [0.3, 0.4) is 0 Å². The van der Waals surface area contributed by atoms with Crippen LogP contribution in [0, 0.1) is 5.41 Å². The Morgan fingerprint density at radius 1 is 1.16 bits per heavy atom. The smallest absolute Gasteiger partial charge is 0.328 e. The number of carboxylic acid groups (broad SMARTS) is 1. The van der Waals surface area contributed by atoms with Gasteiger partial charge in [-0.15, -0.1) is 0 Å². The van der Waals surface area contributed by atoms with E-state index in [-0.39, 0.29) is 24.3 Å². The molecule has 2 heterocycles. The van der Waals surface area contributed by atoms with Gasteiger partial charge in [-0.05, 0) is 43.7 Å². The number of aliphatic hydroxyl groups is 1. The van der Waals surface area contributed by atoms with Crippen molar-refractivity contribution in [2.24, 2.45) is 5.41 Å². The summed E-state index contributed by atoms with van der Waals surface area (Å²) in [6.45, 7) is 9.39. The van der Waals surface area contributed by atoms with E-state index in [1.165, 1.54) is 4.90 Å². The number of anilines is 1. The number of carbonyl (C=O) groups excluding carboxylic acids is 2. The molecular formula is C23H33N3O5. The van der Waals surface area contributed by atoms with Gasteiger partial charge >= 0.3 is 12.0 Å². The van der Waals surface area contributed by atoms with Gasteiger partial charge < -0.3 is 20.4 Å². The molecule has 1 aromatic rings. The minimum absolute atomic E-state index is 0.0601. The van der Waals surface area contributed by atoms with E-state index in [0.717, 1.165) is 5.56 Å². The summed E-state index contributed by atoms with van der Waals surface area (Å²) in [5.41, 5.74) is -0.797. The summed E-state index contributed by atoms with van der Waals surface area (Å²) in [4.78, 5) is 40.1. The van der Waals surface area contributed by atoms with Crippen molar-refractivity contribution in [2.45, 2.75) is 58.0 Å². The highest BCUT2D eigenvalue weighted by molar-refractivity contribution is 6.22. The minimum atomic E-state index is -1.05. The summed E-state index contributed by atoms with van der Waals surface area (Å²) in [6, 6.07) is 6.73. The lowest BCUT2D eigenvalue weighted by Crippen LogP contribution is -2.54. The highest BCUT2D eigenvalue weighted by Crippen LogP contribution is 2.41. The molecule has 3 rings (SSSR count). The van der Waals surface area contributed by atoms with Crippen LogP contribution >= 0.6 is 0 Å². The van der Waals surface area contributed by atoms with Crippen molar-refractivity contribution in [3.05, 3.63) is 29.8 Å². The van der Waals surface area contributed by atoms with Crippen molar-refractivity contribution in [3.63, 3.8) is 0 Å². The molecule has 3 N–H and O–H groups in total. The van der Waals surface area contributed by atoms with Crippen molar-refractivity contribution >= 4 is 23.6 Å². The lowest BCUT2D eigenvalue weighted by atomic mass is 9.86. The number of imide groups is 1. The summed E-state index contributed by atoms with van der Waals surface area (Å²) in [6.07, 6.45) is 1.02. The van der Waals surface area contributed by atoms with Gasteiger partial charge in [-0.25, -0.2) is 9.69 Å². The van der Waals surface area contributed by atoms with Gasteiger partial charge in [0, 0.05) is 26.2 Å². The first-order chi connectivity index (χ1) is 14.3. The van der Waals surface area contributed by atoms with Crippen LogP contribution in [0.15, 0.2) is 24.3 Å². The molecule has 0 radical (unpaired) electrons. The largest absolute Gasteiger partial charge is 0.481 e. The number of carboxylic acids is 1. The first-order valence-electron chi connectivity index (χ1n) is 10.7. The van der Waals surface area contributed by atoms with Crippen LogP contribution in [0.5, 0.6) is 0 Å². The second-order valence-corrected chi connectivity index (χ2v) is 10.2. The van der Waals surface area contributed by atoms with E-state index in [1.807, 2.05) is 26.0 Å². The van der Waals surface area contributed by atoms with Crippen molar-refractivity contribution in [1.29, 1.82) is 0 Å². The predicted octanol–water partition coefficient (Wildman–Crippen LogP) is 2.35. The van der Waals surface area contributed by atoms with Gasteiger partial charge in [0.1, 0.15) is 0 Å². The Balaban J connectivity index is 1.57. The SMILES string of the molecule is CC(C)(CC(=O)O)CN1CCC(O)(CNC(=O)N2C(=O)C(C)(C)c3ccccc32)CC1. The zero-order chi connectivity index (χ0) is 23.0. The fraction of sp³-hybridized carbons (Fsp3) is 0.609. The van der Waals surface area contributed by atoms with Gasteiger partial charge in [-0.3, -0.25) is 9.59 Å². The third kappa shape index (κ3) is 4.91. The number of benzene rings is 1. The Labute approximate surface area is 183 Å². The maximum absolute atomic E-state index is 12.9. The molecule has 0 saturated carbocycles. The van der Waals surface area contributed by atoms with Gasteiger partial charge in [0.05, 0.1) is 23.1 Å². The highest BCUT2D eigenvalue weighted by atomic mass is 16.4. The summed E-state index contributed by atoms with van der Waals surface area (Å²) < 4.78 is 0. The van der Waals surface area contributed by atoms with E-state index in [1.54, 1.807) is 26.0 Å². The molecule has 2 aliphatic rings. The van der Waals surface area contributed by atoms with Crippen LogP contribution < -0.4 is 10.2 Å². The normalized spacial score (nSPS) is 20.4. The average molecular weight is 432 g/mol. The number of hydrogen-bond donors (Lipinski definition) is 3. The van der Waals surface area contributed by atoms with Crippen LogP contribution in [0.4, 0.5) is 10.5 Å². The molecule has 0 bridgehead atoms. The Morgan fingerprint density at radius 3 is 2.39 bits per heavy atom. The number of nitrogens with zero attached hydrogens (tertiary/aromatic N) is 2. The molecule has 0 spiro atoms. The fourth-order valence-electron chi connectivity index (χ4n) is 4.60. The number of para-hydroxylation sites is 1. The molecule has 8 heteroatoms. The van der Waals surface area contributed by atoms with Gasteiger partial charge in [-0.1, -0.05) is 32.0 Å². The summed E-state index contributed by atoms with van der Waals surface area (Å²) in [5, 5.41) is 22.8. The van der Waals surface area contributed by atoms with E-state index >= 15 is 0 Å². The molecule has 0 unspecified atom stereocenters. The standard InChI is InChI=1S/C23H33N3O5/c1-21(2,13-18(27)28)15-25-11-9-23(31,10-12-25)14-24-20(30)26-17-8-6-5-7-16(17)22(3,4)19(26)29/h5-8,31H,9-15H2,1-4H3,(H,24,30)(H,27,28). The second kappa shape index (κ2) is 8.24. The number of urea groups is 1. The Morgan fingerprint density at radius 2 is 1.77 bits per heavy atom. The predicted molar refractivity (Wildman–Crippen MR) is 117 cm³/mol. The first-order valence-corrected chi connectivity index (χ1v) is 10.7. The van der Waals surface area contributed by atoms with Crippen LogP contribution in [0.1, 0.15) is 52.5 Å². The average Bonchev–Trinajstić information content (AvgIpc) is 2.87. The maximum atomic E-state index is 12.9. The van der Waals surface area contributed by atoms with Crippen LogP contribution in [-0.2, 0) is 15.0 Å². The van der Waals surface area contributed by atoms with Gasteiger partial charge in [0.2, 0.25) is 5.91 Å². The number of piperidine rings is 1. The first kappa shape index (κ1) is 23.2. The maximum Gasteiger partial charge on any atom is 0.328 e. The van der Waals surface area contributed by atoms with Crippen molar-refractivity contribution in [3.8, 4) is 0 Å². The van der Waals surface area contributed by atoms with Crippen molar-refractivity contribution in [1.82, 2.24) is 10.2 Å². The van der Waals surface area contributed by atoms with Crippen LogP contribution in [-0.4, -0.2) is 64.8 Å². The Bertz CT molecular complexity index is 872. The molecule has 31 heavy (non-hydrogen) atoms. The van der Waals surface area contributed by atoms with Gasteiger partial charge in [-0.2, -0.15) is 0 Å². The minimum Gasteiger partial charge on any atom is -0.481 e.